The first-order chi connectivity index (χ1) is 5.65. The predicted molar refractivity (Wildman–Crippen MR) is 48.1 cm³/mol. The van der Waals surface area contributed by atoms with Crippen LogP contribution in [0.1, 0.15) is 44.2 Å². The van der Waals surface area contributed by atoms with Crippen molar-refractivity contribution in [3.05, 3.63) is 17.5 Å². The molecule has 0 saturated carbocycles. The molecule has 1 rings (SSSR count). The SMILES string of the molecule is CNC(C)c1cc(C(C)C)on1. The second-order valence-electron chi connectivity index (χ2n) is 3.32. The van der Waals surface area contributed by atoms with Gasteiger partial charge in [0.15, 0.2) is 0 Å². The van der Waals surface area contributed by atoms with Crippen molar-refractivity contribution in [2.24, 2.45) is 0 Å². The van der Waals surface area contributed by atoms with E-state index >= 15 is 0 Å². The smallest absolute Gasteiger partial charge is 0.139 e. The lowest BCUT2D eigenvalue weighted by molar-refractivity contribution is 0.360. The van der Waals surface area contributed by atoms with E-state index in [9.17, 15) is 0 Å². The van der Waals surface area contributed by atoms with Crippen molar-refractivity contribution in [1.82, 2.24) is 10.5 Å². The molecule has 0 fully saturated rings. The summed E-state index contributed by atoms with van der Waals surface area (Å²) < 4.78 is 5.16. The van der Waals surface area contributed by atoms with Gasteiger partial charge in [0.25, 0.3) is 0 Å². The summed E-state index contributed by atoms with van der Waals surface area (Å²) in [6.07, 6.45) is 0. The Morgan fingerprint density at radius 2 is 2.08 bits per heavy atom. The molecule has 0 aliphatic rings. The largest absolute Gasteiger partial charge is 0.361 e. The fourth-order valence-corrected chi connectivity index (χ4v) is 0.928. The highest BCUT2D eigenvalue weighted by Gasteiger charge is 2.11. The van der Waals surface area contributed by atoms with Crippen LogP contribution in [-0.2, 0) is 0 Å². The van der Waals surface area contributed by atoms with Gasteiger partial charge in [-0.3, -0.25) is 0 Å². The van der Waals surface area contributed by atoms with Crippen LogP contribution >= 0.6 is 0 Å². The molecule has 1 heterocycles. The molecule has 0 spiro atoms. The molecule has 12 heavy (non-hydrogen) atoms. The number of hydrogen-bond donors (Lipinski definition) is 1. The second-order valence-corrected chi connectivity index (χ2v) is 3.32. The molecule has 0 saturated heterocycles. The van der Waals surface area contributed by atoms with Gasteiger partial charge < -0.3 is 9.84 Å². The quantitative estimate of drug-likeness (QED) is 0.750. The van der Waals surface area contributed by atoms with Crippen LogP contribution in [-0.4, -0.2) is 12.2 Å². The summed E-state index contributed by atoms with van der Waals surface area (Å²) in [7, 11) is 1.91. The maximum atomic E-state index is 5.16. The first-order valence-electron chi connectivity index (χ1n) is 4.29. The van der Waals surface area contributed by atoms with Crippen LogP contribution in [0.25, 0.3) is 0 Å². The molecule has 0 aliphatic heterocycles. The minimum absolute atomic E-state index is 0.265. The van der Waals surface area contributed by atoms with Gasteiger partial charge in [0.2, 0.25) is 0 Å². The minimum atomic E-state index is 0.265. The van der Waals surface area contributed by atoms with Crippen LogP contribution in [0.5, 0.6) is 0 Å². The van der Waals surface area contributed by atoms with Crippen LogP contribution in [0.3, 0.4) is 0 Å². The van der Waals surface area contributed by atoms with Crippen molar-refractivity contribution >= 4 is 0 Å². The van der Waals surface area contributed by atoms with Gasteiger partial charge in [-0.1, -0.05) is 19.0 Å². The fourth-order valence-electron chi connectivity index (χ4n) is 0.928. The van der Waals surface area contributed by atoms with E-state index in [2.05, 4.69) is 31.2 Å². The molecule has 1 aromatic rings. The molecule has 0 amide bonds. The van der Waals surface area contributed by atoms with Crippen LogP contribution in [0.15, 0.2) is 10.6 Å². The van der Waals surface area contributed by atoms with Gasteiger partial charge in [-0.25, -0.2) is 0 Å². The molecule has 68 valence electrons. The zero-order valence-electron chi connectivity index (χ0n) is 8.09. The number of nitrogens with zero attached hydrogens (tertiary/aromatic N) is 1. The van der Waals surface area contributed by atoms with Crippen molar-refractivity contribution in [2.75, 3.05) is 7.05 Å². The Morgan fingerprint density at radius 3 is 2.50 bits per heavy atom. The molecule has 0 aromatic carbocycles. The van der Waals surface area contributed by atoms with E-state index in [0.717, 1.165) is 11.5 Å². The highest BCUT2D eigenvalue weighted by atomic mass is 16.5. The average molecular weight is 168 g/mol. The maximum absolute atomic E-state index is 5.16. The predicted octanol–water partition coefficient (Wildman–Crippen LogP) is 2.08. The Labute approximate surface area is 73.1 Å². The Balaban J connectivity index is 2.77. The van der Waals surface area contributed by atoms with E-state index in [-0.39, 0.29) is 6.04 Å². The van der Waals surface area contributed by atoms with E-state index in [1.807, 2.05) is 13.1 Å². The fraction of sp³-hybridized carbons (Fsp3) is 0.667. The Hall–Kier alpha value is -0.830. The normalized spacial score (nSPS) is 13.8. The lowest BCUT2D eigenvalue weighted by Gasteiger charge is -2.03. The number of hydrogen-bond acceptors (Lipinski definition) is 3. The maximum Gasteiger partial charge on any atom is 0.139 e. The average Bonchev–Trinajstić information content (AvgIpc) is 2.51. The van der Waals surface area contributed by atoms with Crippen molar-refractivity contribution in [1.29, 1.82) is 0 Å². The van der Waals surface area contributed by atoms with Crippen LogP contribution in [0.2, 0.25) is 0 Å². The number of nitrogens with one attached hydrogen (secondary N) is 1. The van der Waals surface area contributed by atoms with Crippen molar-refractivity contribution < 1.29 is 4.52 Å². The molecule has 0 aliphatic carbocycles. The van der Waals surface area contributed by atoms with Gasteiger partial charge >= 0.3 is 0 Å². The first-order valence-corrected chi connectivity index (χ1v) is 4.29. The molecule has 1 aromatic heterocycles. The zero-order valence-corrected chi connectivity index (χ0v) is 8.09. The van der Waals surface area contributed by atoms with Crippen molar-refractivity contribution in [3.8, 4) is 0 Å². The summed E-state index contributed by atoms with van der Waals surface area (Å²) >= 11 is 0. The monoisotopic (exact) mass is 168 g/mol. The summed E-state index contributed by atoms with van der Waals surface area (Å²) in [5, 5.41) is 7.08. The third-order valence-corrected chi connectivity index (χ3v) is 1.99. The highest BCUT2D eigenvalue weighted by molar-refractivity contribution is 5.11. The summed E-state index contributed by atoms with van der Waals surface area (Å²) in [6, 6.07) is 2.27. The van der Waals surface area contributed by atoms with Gasteiger partial charge in [-0.05, 0) is 14.0 Å². The van der Waals surface area contributed by atoms with Gasteiger partial charge in [0.05, 0.1) is 0 Å². The van der Waals surface area contributed by atoms with Gasteiger partial charge in [0, 0.05) is 18.0 Å². The van der Waals surface area contributed by atoms with Crippen LogP contribution < -0.4 is 5.32 Å². The van der Waals surface area contributed by atoms with Crippen molar-refractivity contribution in [3.63, 3.8) is 0 Å². The molecule has 0 bridgehead atoms. The van der Waals surface area contributed by atoms with E-state index in [1.54, 1.807) is 0 Å². The van der Waals surface area contributed by atoms with Crippen molar-refractivity contribution in [2.45, 2.75) is 32.7 Å². The van der Waals surface area contributed by atoms with Crippen LogP contribution in [0, 0.1) is 0 Å². The molecule has 1 atom stereocenters. The van der Waals surface area contributed by atoms with E-state index in [1.165, 1.54) is 0 Å². The molecular weight excluding hydrogens is 152 g/mol. The highest BCUT2D eigenvalue weighted by Crippen LogP contribution is 2.18. The van der Waals surface area contributed by atoms with E-state index in [4.69, 9.17) is 4.52 Å². The molecule has 0 radical (unpaired) electrons. The summed E-state index contributed by atoms with van der Waals surface area (Å²) in [4.78, 5) is 0. The minimum Gasteiger partial charge on any atom is -0.361 e. The molecule has 3 heteroatoms. The Kier molecular flexibility index (Phi) is 2.87. The Morgan fingerprint density at radius 1 is 1.42 bits per heavy atom. The second kappa shape index (κ2) is 3.72. The van der Waals surface area contributed by atoms with Gasteiger partial charge in [-0.15, -0.1) is 0 Å². The van der Waals surface area contributed by atoms with Crippen LogP contribution in [0.4, 0.5) is 0 Å². The zero-order chi connectivity index (χ0) is 9.14. The third kappa shape index (κ3) is 1.85. The molecule has 1 N–H and O–H groups in total. The number of rotatable bonds is 3. The summed E-state index contributed by atoms with van der Waals surface area (Å²) in [5.41, 5.74) is 0.973. The Bertz CT molecular complexity index is 242. The summed E-state index contributed by atoms with van der Waals surface area (Å²) in [6.45, 7) is 6.24. The lowest BCUT2D eigenvalue weighted by atomic mass is 10.1. The van der Waals surface area contributed by atoms with E-state index < -0.39 is 0 Å². The molecular formula is C9H16N2O. The lowest BCUT2D eigenvalue weighted by Crippen LogP contribution is -2.12. The standard InChI is InChI=1S/C9H16N2O/c1-6(2)9-5-8(11-12-9)7(3)10-4/h5-7,10H,1-4H3. The number of aromatic nitrogens is 1. The van der Waals surface area contributed by atoms with Gasteiger partial charge in [-0.2, -0.15) is 0 Å². The van der Waals surface area contributed by atoms with Gasteiger partial charge in [0.1, 0.15) is 11.5 Å². The first kappa shape index (κ1) is 9.26. The summed E-state index contributed by atoms with van der Waals surface area (Å²) in [5.74, 6) is 1.36. The molecule has 1 unspecified atom stereocenters. The third-order valence-electron chi connectivity index (χ3n) is 1.99. The molecule has 3 nitrogen and oxygen atoms in total. The topological polar surface area (TPSA) is 38.1 Å². The van der Waals surface area contributed by atoms with E-state index in [0.29, 0.717) is 5.92 Å².